The largest absolute Gasteiger partial charge is 0.374 e. The number of hydrogen-bond donors (Lipinski definition) is 1. The third kappa shape index (κ3) is 2.43. The highest BCUT2D eigenvalue weighted by Crippen LogP contribution is 2.06. The van der Waals surface area contributed by atoms with E-state index in [0.717, 1.165) is 26.2 Å². The van der Waals surface area contributed by atoms with Crippen molar-refractivity contribution in [1.29, 1.82) is 0 Å². The molecule has 66 valence electrons. The predicted octanol–water partition coefficient (Wildman–Crippen LogP) is 0.0543. The van der Waals surface area contributed by atoms with Crippen LogP contribution in [0.4, 0.5) is 0 Å². The monoisotopic (exact) mass is 158 g/mol. The molecule has 2 N–H and O–H groups in total. The molecule has 0 spiro atoms. The van der Waals surface area contributed by atoms with Gasteiger partial charge in [0.15, 0.2) is 0 Å². The van der Waals surface area contributed by atoms with E-state index in [0.29, 0.717) is 0 Å². The molecular weight excluding hydrogens is 140 g/mol. The van der Waals surface area contributed by atoms with Crippen LogP contribution in [0, 0.1) is 0 Å². The molecule has 0 amide bonds. The third-order valence-corrected chi connectivity index (χ3v) is 2.21. The standard InChI is InChI=1S/C8H18N2O/c1-3-10-4-5-11-8(6-10)7(2)9/h7-8H,3-6,9H2,1-2H3/t7-,8?/m1/s1. The Balaban J connectivity index is 2.33. The summed E-state index contributed by atoms with van der Waals surface area (Å²) < 4.78 is 5.50. The number of nitrogens with two attached hydrogens (primary N) is 1. The first kappa shape index (κ1) is 8.97. The van der Waals surface area contributed by atoms with Crippen molar-refractivity contribution in [2.24, 2.45) is 5.73 Å². The number of ether oxygens (including phenoxy) is 1. The number of nitrogens with zero attached hydrogens (tertiary/aromatic N) is 1. The molecule has 1 heterocycles. The number of rotatable bonds is 2. The lowest BCUT2D eigenvalue weighted by molar-refractivity contribution is -0.0359. The summed E-state index contributed by atoms with van der Waals surface area (Å²) in [7, 11) is 0. The van der Waals surface area contributed by atoms with Crippen molar-refractivity contribution in [3.8, 4) is 0 Å². The van der Waals surface area contributed by atoms with Crippen molar-refractivity contribution in [2.45, 2.75) is 26.0 Å². The van der Waals surface area contributed by atoms with E-state index in [9.17, 15) is 0 Å². The van der Waals surface area contributed by atoms with E-state index in [1.807, 2.05) is 6.92 Å². The first-order valence-corrected chi connectivity index (χ1v) is 4.33. The zero-order chi connectivity index (χ0) is 8.27. The third-order valence-electron chi connectivity index (χ3n) is 2.21. The van der Waals surface area contributed by atoms with Gasteiger partial charge in [0.1, 0.15) is 0 Å². The Kier molecular flexibility index (Phi) is 3.30. The Morgan fingerprint density at radius 2 is 2.45 bits per heavy atom. The maximum absolute atomic E-state index is 5.73. The van der Waals surface area contributed by atoms with Gasteiger partial charge in [-0.2, -0.15) is 0 Å². The molecular formula is C8H18N2O. The van der Waals surface area contributed by atoms with Gasteiger partial charge in [-0.15, -0.1) is 0 Å². The molecule has 1 saturated heterocycles. The van der Waals surface area contributed by atoms with Gasteiger partial charge in [-0.3, -0.25) is 4.90 Å². The number of morpholine rings is 1. The van der Waals surface area contributed by atoms with Crippen LogP contribution >= 0.6 is 0 Å². The Hall–Kier alpha value is -0.120. The Labute approximate surface area is 68.5 Å². The van der Waals surface area contributed by atoms with Crippen molar-refractivity contribution < 1.29 is 4.74 Å². The van der Waals surface area contributed by atoms with Crippen LogP contribution in [0.3, 0.4) is 0 Å². The van der Waals surface area contributed by atoms with Crippen LogP contribution in [-0.4, -0.2) is 43.3 Å². The fraction of sp³-hybridized carbons (Fsp3) is 1.00. The maximum Gasteiger partial charge on any atom is 0.0850 e. The van der Waals surface area contributed by atoms with Gasteiger partial charge in [0.05, 0.1) is 12.7 Å². The minimum Gasteiger partial charge on any atom is -0.374 e. The highest BCUT2D eigenvalue weighted by Gasteiger charge is 2.21. The van der Waals surface area contributed by atoms with Crippen molar-refractivity contribution in [1.82, 2.24) is 4.90 Å². The van der Waals surface area contributed by atoms with Crippen LogP contribution < -0.4 is 5.73 Å². The fourth-order valence-corrected chi connectivity index (χ4v) is 1.34. The van der Waals surface area contributed by atoms with Gasteiger partial charge < -0.3 is 10.5 Å². The number of likely N-dealkylation sites (N-methyl/N-ethyl adjacent to an activating group) is 1. The molecule has 0 aliphatic carbocycles. The van der Waals surface area contributed by atoms with Gasteiger partial charge in [0, 0.05) is 19.1 Å². The summed E-state index contributed by atoms with van der Waals surface area (Å²) in [6.45, 7) is 8.16. The number of hydrogen-bond acceptors (Lipinski definition) is 3. The smallest absolute Gasteiger partial charge is 0.0850 e. The zero-order valence-corrected chi connectivity index (χ0v) is 7.42. The summed E-state index contributed by atoms with van der Waals surface area (Å²) in [6.07, 6.45) is 0.240. The molecule has 0 aromatic carbocycles. The maximum atomic E-state index is 5.73. The van der Waals surface area contributed by atoms with E-state index < -0.39 is 0 Å². The highest BCUT2D eigenvalue weighted by molar-refractivity contribution is 4.76. The van der Waals surface area contributed by atoms with E-state index in [4.69, 9.17) is 10.5 Å². The van der Waals surface area contributed by atoms with Gasteiger partial charge >= 0.3 is 0 Å². The molecule has 0 bridgehead atoms. The molecule has 0 aromatic heterocycles. The lowest BCUT2D eigenvalue weighted by Crippen LogP contribution is -2.49. The van der Waals surface area contributed by atoms with Crippen molar-refractivity contribution >= 4 is 0 Å². The van der Waals surface area contributed by atoms with E-state index in [2.05, 4.69) is 11.8 Å². The normalized spacial score (nSPS) is 30.3. The molecule has 1 unspecified atom stereocenters. The molecule has 1 rings (SSSR count). The first-order valence-electron chi connectivity index (χ1n) is 4.33. The van der Waals surface area contributed by atoms with E-state index in [1.54, 1.807) is 0 Å². The Morgan fingerprint density at radius 1 is 1.73 bits per heavy atom. The summed E-state index contributed by atoms with van der Waals surface area (Å²) in [5.41, 5.74) is 5.73. The lowest BCUT2D eigenvalue weighted by Gasteiger charge is -2.33. The van der Waals surface area contributed by atoms with E-state index >= 15 is 0 Å². The molecule has 11 heavy (non-hydrogen) atoms. The topological polar surface area (TPSA) is 38.5 Å². The quantitative estimate of drug-likeness (QED) is 0.617. The Morgan fingerprint density at radius 3 is 3.00 bits per heavy atom. The second kappa shape index (κ2) is 4.04. The van der Waals surface area contributed by atoms with Crippen molar-refractivity contribution in [3.05, 3.63) is 0 Å². The summed E-state index contributed by atoms with van der Waals surface area (Å²) in [6, 6.07) is 0.157. The molecule has 1 aliphatic rings. The van der Waals surface area contributed by atoms with Gasteiger partial charge in [-0.05, 0) is 13.5 Å². The summed E-state index contributed by atoms with van der Waals surface area (Å²) in [5, 5.41) is 0. The van der Waals surface area contributed by atoms with Crippen LogP contribution in [0.25, 0.3) is 0 Å². The molecule has 2 atom stereocenters. The summed E-state index contributed by atoms with van der Waals surface area (Å²) >= 11 is 0. The fourth-order valence-electron chi connectivity index (χ4n) is 1.34. The molecule has 0 saturated carbocycles. The second-order valence-electron chi connectivity index (χ2n) is 3.16. The second-order valence-corrected chi connectivity index (χ2v) is 3.16. The molecule has 3 heteroatoms. The summed E-state index contributed by atoms with van der Waals surface area (Å²) in [5.74, 6) is 0. The van der Waals surface area contributed by atoms with Crippen LogP contribution in [0.1, 0.15) is 13.8 Å². The predicted molar refractivity (Wildman–Crippen MR) is 45.5 cm³/mol. The summed E-state index contributed by atoms with van der Waals surface area (Å²) in [4.78, 5) is 2.37. The van der Waals surface area contributed by atoms with Crippen LogP contribution in [0.15, 0.2) is 0 Å². The average Bonchev–Trinajstić information content (AvgIpc) is 2.05. The zero-order valence-electron chi connectivity index (χ0n) is 7.42. The van der Waals surface area contributed by atoms with Gasteiger partial charge in [0.2, 0.25) is 0 Å². The van der Waals surface area contributed by atoms with Gasteiger partial charge in [-0.1, -0.05) is 6.92 Å². The molecule has 3 nitrogen and oxygen atoms in total. The van der Waals surface area contributed by atoms with Gasteiger partial charge in [0.25, 0.3) is 0 Å². The van der Waals surface area contributed by atoms with Crippen LogP contribution in [0.5, 0.6) is 0 Å². The Bertz CT molecular complexity index is 117. The lowest BCUT2D eigenvalue weighted by atomic mass is 10.1. The molecule has 0 radical (unpaired) electrons. The van der Waals surface area contributed by atoms with E-state index in [-0.39, 0.29) is 12.1 Å². The molecule has 1 aliphatic heterocycles. The minimum absolute atomic E-state index is 0.157. The van der Waals surface area contributed by atoms with Crippen molar-refractivity contribution in [2.75, 3.05) is 26.2 Å². The minimum atomic E-state index is 0.157. The average molecular weight is 158 g/mol. The SMILES string of the molecule is CCN1CCOC([C@@H](C)N)C1. The molecule has 1 fully saturated rings. The van der Waals surface area contributed by atoms with Crippen LogP contribution in [-0.2, 0) is 4.74 Å². The highest BCUT2D eigenvalue weighted by atomic mass is 16.5. The van der Waals surface area contributed by atoms with Gasteiger partial charge in [-0.25, -0.2) is 0 Å². The van der Waals surface area contributed by atoms with Crippen molar-refractivity contribution in [3.63, 3.8) is 0 Å². The first-order chi connectivity index (χ1) is 5.24. The molecule has 0 aromatic rings. The van der Waals surface area contributed by atoms with E-state index in [1.165, 1.54) is 0 Å². The van der Waals surface area contributed by atoms with Crippen LogP contribution in [0.2, 0.25) is 0 Å².